The fourth-order valence-corrected chi connectivity index (χ4v) is 2.28. The van der Waals surface area contributed by atoms with Gasteiger partial charge < -0.3 is 4.98 Å². The molecule has 0 radical (unpaired) electrons. The van der Waals surface area contributed by atoms with Gasteiger partial charge in [-0.25, -0.2) is 9.97 Å². The van der Waals surface area contributed by atoms with Crippen molar-refractivity contribution in [3.63, 3.8) is 0 Å². The van der Waals surface area contributed by atoms with Gasteiger partial charge in [0.15, 0.2) is 0 Å². The minimum absolute atomic E-state index is 0.492. The molecule has 0 saturated heterocycles. The van der Waals surface area contributed by atoms with Crippen LogP contribution in [0.2, 0.25) is 5.15 Å². The third-order valence-electron chi connectivity index (χ3n) is 2.79. The first-order valence-corrected chi connectivity index (χ1v) is 5.69. The van der Waals surface area contributed by atoms with E-state index in [1.54, 1.807) is 0 Å². The highest BCUT2D eigenvalue weighted by Crippen LogP contribution is 2.31. The molecular formula is C13H10ClN3. The normalized spacial score (nSPS) is 10.9. The maximum absolute atomic E-state index is 6.09. The predicted octanol–water partition coefficient (Wildman–Crippen LogP) is 3.59. The van der Waals surface area contributed by atoms with Crippen LogP contribution in [0.15, 0.2) is 36.7 Å². The summed E-state index contributed by atoms with van der Waals surface area (Å²) in [6, 6.07) is 10.1. The number of nitrogens with one attached hydrogen (secondary N) is 1. The maximum Gasteiger partial charge on any atom is 0.142 e. The molecule has 3 aromatic rings. The molecule has 0 unspecified atom stereocenters. The molecule has 0 bridgehead atoms. The van der Waals surface area contributed by atoms with Crippen molar-refractivity contribution in [1.29, 1.82) is 0 Å². The molecule has 0 atom stereocenters. The second-order valence-corrected chi connectivity index (χ2v) is 4.24. The van der Waals surface area contributed by atoms with Crippen LogP contribution in [0.4, 0.5) is 0 Å². The minimum atomic E-state index is 0.492. The summed E-state index contributed by atoms with van der Waals surface area (Å²) in [5, 5.41) is 1.39. The molecule has 3 rings (SSSR count). The molecule has 4 heteroatoms. The Hall–Kier alpha value is -1.87. The van der Waals surface area contributed by atoms with Crippen molar-refractivity contribution in [2.75, 3.05) is 0 Å². The molecular weight excluding hydrogens is 234 g/mol. The van der Waals surface area contributed by atoms with Gasteiger partial charge in [0.1, 0.15) is 17.0 Å². The van der Waals surface area contributed by atoms with Crippen LogP contribution in [-0.2, 0) is 0 Å². The van der Waals surface area contributed by atoms with Gasteiger partial charge >= 0.3 is 0 Å². The molecule has 3 nitrogen and oxygen atoms in total. The molecule has 0 spiro atoms. The van der Waals surface area contributed by atoms with Gasteiger partial charge in [0.25, 0.3) is 0 Å². The summed E-state index contributed by atoms with van der Waals surface area (Å²) in [4.78, 5) is 11.6. The van der Waals surface area contributed by atoms with Gasteiger partial charge in [-0.2, -0.15) is 0 Å². The molecule has 17 heavy (non-hydrogen) atoms. The highest BCUT2D eigenvalue weighted by atomic mass is 35.5. The number of aromatic nitrogens is 3. The summed E-state index contributed by atoms with van der Waals surface area (Å²) in [7, 11) is 0. The van der Waals surface area contributed by atoms with E-state index in [9.17, 15) is 0 Å². The summed E-state index contributed by atoms with van der Waals surface area (Å²) >= 11 is 6.09. The fraction of sp³-hybridized carbons (Fsp3) is 0.0769. The maximum atomic E-state index is 6.09. The minimum Gasteiger partial charge on any atom is -0.356 e. The van der Waals surface area contributed by atoms with E-state index in [0.29, 0.717) is 5.15 Å². The number of rotatable bonds is 1. The van der Waals surface area contributed by atoms with E-state index in [1.165, 1.54) is 6.33 Å². The van der Waals surface area contributed by atoms with E-state index < -0.39 is 0 Å². The van der Waals surface area contributed by atoms with Crippen molar-refractivity contribution < 1.29 is 0 Å². The van der Waals surface area contributed by atoms with Crippen molar-refractivity contribution in [2.24, 2.45) is 0 Å². The van der Waals surface area contributed by atoms with Crippen LogP contribution >= 0.6 is 11.6 Å². The standard InChI is InChI=1S/C13H10ClN3/c1-8-10-12(15-7-16-13(10)14)11(17-8)9-5-3-2-4-6-9/h2-7,17H,1H3. The first-order chi connectivity index (χ1) is 8.27. The van der Waals surface area contributed by atoms with Gasteiger partial charge in [0.2, 0.25) is 0 Å². The molecule has 0 saturated carbocycles. The zero-order valence-corrected chi connectivity index (χ0v) is 9.99. The number of halogens is 1. The Bertz CT molecular complexity index is 674. The molecule has 0 aliphatic carbocycles. The SMILES string of the molecule is Cc1[nH]c(-c2ccccc2)c2ncnc(Cl)c12. The Morgan fingerprint density at radius 2 is 1.88 bits per heavy atom. The Kier molecular flexibility index (Phi) is 2.34. The van der Waals surface area contributed by atoms with Gasteiger partial charge in [0.05, 0.1) is 11.1 Å². The van der Waals surface area contributed by atoms with Crippen molar-refractivity contribution in [3.05, 3.63) is 47.5 Å². The highest BCUT2D eigenvalue weighted by molar-refractivity contribution is 6.34. The van der Waals surface area contributed by atoms with Gasteiger partial charge in [-0.05, 0) is 6.92 Å². The smallest absolute Gasteiger partial charge is 0.142 e. The second-order valence-electron chi connectivity index (χ2n) is 3.88. The topological polar surface area (TPSA) is 41.6 Å². The van der Waals surface area contributed by atoms with Crippen molar-refractivity contribution in [3.8, 4) is 11.3 Å². The number of fused-ring (bicyclic) bond motifs is 1. The molecule has 84 valence electrons. The zero-order valence-electron chi connectivity index (χ0n) is 9.24. The van der Waals surface area contributed by atoms with Crippen LogP contribution in [0.25, 0.3) is 22.2 Å². The second kappa shape index (κ2) is 3.86. The van der Waals surface area contributed by atoms with E-state index in [2.05, 4.69) is 15.0 Å². The molecule has 1 N–H and O–H groups in total. The summed E-state index contributed by atoms with van der Waals surface area (Å²) in [5.74, 6) is 0. The summed E-state index contributed by atoms with van der Waals surface area (Å²) in [5.41, 5.74) is 3.95. The van der Waals surface area contributed by atoms with Gasteiger partial charge in [-0.15, -0.1) is 0 Å². The highest BCUT2D eigenvalue weighted by Gasteiger charge is 2.13. The summed E-state index contributed by atoms with van der Waals surface area (Å²) in [6.07, 6.45) is 1.49. The lowest BCUT2D eigenvalue weighted by atomic mass is 10.1. The van der Waals surface area contributed by atoms with Crippen molar-refractivity contribution in [2.45, 2.75) is 6.92 Å². The van der Waals surface area contributed by atoms with Gasteiger partial charge in [-0.1, -0.05) is 41.9 Å². The average molecular weight is 244 g/mol. The van der Waals surface area contributed by atoms with Crippen LogP contribution in [-0.4, -0.2) is 15.0 Å². The number of aryl methyl sites for hydroxylation is 1. The molecule has 0 amide bonds. The monoisotopic (exact) mass is 243 g/mol. The first kappa shape index (κ1) is 10.3. The Morgan fingerprint density at radius 1 is 1.12 bits per heavy atom. The molecule has 2 aromatic heterocycles. The van der Waals surface area contributed by atoms with Crippen molar-refractivity contribution >= 4 is 22.5 Å². The number of hydrogen-bond donors (Lipinski definition) is 1. The molecule has 0 fully saturated rings. The Labute approximate surface area is 103 Å². The quantitative estimate of drug-likeness (QED) is 0.664. The van der Waals surface area contributed by atoms with E-state index in [1.807, 2.05) is 37.3 Å². The number of nitrogens with zero attached hydrogens (tertiary/aromatic N) is 2. The van der Waals surface area contributed by atoms with Gasteiger partial charge in [-0.3, -0.25) is 0 Å². The third-order valence-corrected chi connectivity index (χ3v) is 3.07. The largest absolute Gasteiger partial charge is 0.356 e. The third kappa shape index (κ3) is 1.59. The number of hydrogen-bond acceptors (Lipinski definition) is 2. The molecule has 0 aliphatic heterocycles. The first-order valence-electron chi connectivity index (χ1n) is 5.31. The number of aromatic amines is 1. The average Bonchev–Trinajstić information content (AvgIpc) is 2.69. The predicted molar refractivity (Wildman–Crippen MR) is 69.1 cm³/mol. The lowest BCUT2D eigenvalue weighted by molar-refractivity contribution is 1.22. The molecule has 2 heterocycles. The number of H-pyrrole nitrogens is 1. The lowest BCUT2D eigenvalue weighted by Gasteiger charge is -1.98. The van der Waals surface area contributed by atoms with E-state index in [-0.39, 0.29) is 0 Å². The zero-order chi connectivity index (χ0) is 11.8. The molecule has 1 aromatic carbocycles. The van der Waals surface area contributed by atoms with E-state index in [0.717, 1.165) is 27.9 Å². The Morgan fingerprint density at radius 3 is 2.65 bits per heavy atom. The Balaban J connectivity index is 2.36. The van der Waals surface area contributed by atoms with Crippen LogP contribution in [0.3, 0.4) is 0 Å². The van der Waals surface area contributed by atoms with Crippen LogP contribution < -0.4 is 0 Å². The lowest BCUT2D eigenvalue weighted by Crippen LogP contribution is -1.82. The van der Waals surface area contributed by atoms with E-state index in [4.69, 9.17) is 11.6 Å². The van der Waals surface area contributed by atoms with Crippen LogP contribution in [0.5, 0.6) is 0 Å². The van der Waals surface area contributed by atoms with Crippen LogP contribution in [0, 0.1) is 6.92 Å². The summed E-state index contributed by atoms with van der Waals surface area (Å²) in [6.45, 7) is 1.98. The van der Waals surface area contributed by atoms with Crippen LogP contribution in [0.1, 0.15) is 5.69 Å². The van der Waals surface area contributed by atoms with E-state index >= 15 is 0 Å². The van der Waals surface area contributed by atoms with Crippen molar-refractivity contribution in [1.82, 2.24) is 15.0 Å². The fourth-order valence-electron chi connectivity index (χ4n) is 2.01. The summed E-state index contributed by atoms with van der Waals surface area (Å²) < 4.78 is 0. The number of benzene rings is 1. The van der Waals surface area contributed by atoms with Gasteiger partial charge in [0, 0.05) is 11.3 Å². The molecule has 0 aliphatic rings.